The molecule has 0 bridgehead atoms. The number of fused-ring (bicyclic) bond motifs is 2. The maximum Gasteiger partial charge on any atom is 0.410 e. The zero-order valence-corrected chi connectivity index (χ0v) is 41.8. The third kappa shape index (κ3) is 11.7. The van der Waals surface area contributed by atoms with E-state index in [-0.39, 0.29) is 28.0 Å². The third-order valence-electron chi connectivity index (χ3n) is 13.4. The number of carbonyl (C=O) groups is 1. The third-order valence-corrected chi connectivity index (χ3v) is 13.9. The van der Waals surface area contributed by atoms with Gasteiger partial charge in [0, 0.05) is 70.1 Å². The van der Waals surface area contributed by atoms with E-state index in [4.69, 9.17) is 37.4 Å². The highest BCUT2D eigenvalue weighted by atomic mass is 35.5. The van der Waals surface area contributed by atoms with E-state index in [9.17, 15) is 14.4 Å². The highest BCUT2D eigenvalue weighted by Crippen LogP contribution is 2.38. The number of piperidine rings is 2. The SMILES string of the molecule is COc1ccc(Cn2cnc3cc(NCC4(c5ccc(Cl)cc5)CCN(C(=O)OC(C)(C)C)CC4)ccc3c2=O)c(OC)c1.O=c1[nH]cnc2cc(NCC3(c4ccc(Cl)cc4)CCNCC3)ccc12. The Morgan fingerprint density at radius 2 is 1.29 bits per heavy atom. The Hall–Kier alpha value is -6.61. The first kappa shape index (κ1) is 49.8. The number of nitrogens with zero attached hydrogens (tertiary/aromatic N) is 4. The van der Waals surface area contributed by atoms with E-state index in [1.807, 2.05) is 93.6 Å². The van der Waals surface area contributed by atoms with Crippen LogP contribution in [-0.2, 0) is 22.1 Å². The lowest BCUT2D eigenvalue weighted by molar-refractivity contribution is 0.0169. The van der Waals surface area contributed by atoms with Gasteiger partial charge in [-0.25, -0.2) is 14.8 Å². The largest absolute Gasteiger partial charge is 0.497 e. The summed E-state index contributed by atoms with van der Waals surface area (Å²) in [5.74, 6) is 1.32. The molecule has 0 atom stereocenters. The summed E-state index contributed by atoms with van der Waals surface area (Å²) in [4.78, 5) is 51.2. The van der Waals surface area contributed by atoms with Crippen LogP contribution in [0.1, 0.15) is 63.1 Å². The fraction of sp³-hybridized carbons (Fsp3) is 0.352. The smallest absolute Gasteiger partial charge is 0.410 e. The fourth-order valence-electron chi connectivity index (χ4n) is 9.36. The minimum absolute atomic E-state index is 0.0619. The van der Waals surface area contributed by atoms with Gasteiger partial charge in [-0.1, -0.05) is 47.5 Å². The van der Waals surface area contributed by atoms with Crippen LogP contribution in [0.5, 0.6) is 11.5 Å². The highest BCUT2D eigenvalue weighted by molar-refractivity contribution is 6.30. The molecule has 2 saturated heterocycles. The molecular weight excluding hydrogens is 928 g/mol. The number of aromatic amines is 1. The normalized spacial score (nSPS) is 15.4. The summed E-state index contributed by atoms with van der Waals surface area (Å²) < 4.78 is 18.0. The molecule has 2 aliphatic heterocycles. The second-order valence-corrected chi connectivity index (χ2v) is 19.9. The topological polar surface area (TPSA) is 165 Å². The number of hydrogen-bond donors (Lipinski definition) is 4. The fourth-order valence-corrected chi connectivity index (χ4v) is 9.61. The van der Waals surface area contributed by atoms with E-state index in [2.05, 4.69) is 55.2 Å². The number of ether oxygens (including phenoxy) is 3. The summed E-state index contributed by atoms with van der Waals surface area (Å²) in [5.41, 5.74) is 5.51. The van der Waals surface area contributed by atoms with Crippen LogP contribution in [-0.4, -0.2) is 89.6 Å². The number of benzene rings is 5. The van der Waals surface area contributed by atoms with Crippen LogP contribution in [0.3, 0.4) is 0 Å². The molecule has 0 spiro atoms. The molecule has 2 fully saturated rings. The summed E-state index contributed by atoms with van der Waals surface area (Å²) >= 11 is 12.3. The maximum absolute atomic E-state index is 13.4. The first-order chi connectivity index (χ1) is 33.7. The van der Waals surface area contributed by atoms with Crippen molar-refractivity contribution in [2.45, 2.75) is 69.4 Å². The van der Waals surface area contributed by atoms with Gasteiger partial charge in [0.15, 0.2) is 0 Å². The molecule has 1 amide bonds. The quantitative estimate of drug-likeness (QED) is 0.0922. The molecule has 70 heavy (non-hydrogen) atoms. The van der Waals surface area contributed by atoms with Crippen LogP contribution >= 0.6 is 23.2 Å². The van der Waals surface area contributed by atoms with Gasteiger partial charge < -0.3 is 40.0 Å². The minimum Gasteiger partial charge on any atom is -0.497 e. The van der Waals surface area contributed by atoms with Gasteiger partial charge in [0.05, 0.1) is 55.2 Å². The number of likely N-dealkylation sites (tertiary alicyclic amines) is 1. The van der Waals surface area contributed by atoms with Crippen molar-refractivity contribution in [1.82, 2.24) is 29.7 Å². The molecule has 4 heterocycles. The van der Waals surface area contributed by atoms with Crippen molar-refractivity contribution in [3.8, 4) is 11.5 Å². The highest BCUT2D eigenvalue weighted by Gasteiger charge is 2.39. The number of rotatable bonds is 12. The molecule has 0 saturated carbocycles. The van der Waals surface area contributed by atoms with Crippen LogP contribution in [0.15, 0.2) is 125 Å². The monoisotopic (exact) mass is 986 g/mol. The first-order valence-corrected chi connectivity index (χ1v) is 24.3. The van der Waals surface area contributed by atoms with Crippen LogP contribution in [0.4, 0.5) is 16.2 Å². The van der Waals surface area contributed by atoms with Gasteiger partial charge in [0.2, 0.25) is 0 Å². The van der Waals surface area contributed by atoms with Crippen LogP contribution < -0.4 is 36.5 Å². The Bertz CT molecular complexity index is 3050. The van der Waals surface area contributed by atoms with Crippen molar-refractivity contribution in [2.75, 3.05) is 64.1 Å². The standard InChI is InChI=1S/C34H39ClN4O5.C20H21ClN4O/c1-33(2,3)44-32(41)38-16-14-34(15-17-38,24-7-9-25(35)10-8-24)21-36-26-11-13-28-29(18-26)37-22-39(31(28)40)20-23-6-12-27(42-4)19-30(23)43-5;21-15-3-1-14(2-4-15)20(7-9-22-10-8-20)12-23-16-5-6-17-18(11-16)24-13-25-19(17)26/h6-13,18-19,22,36H,14-17,20-21H2,1-5H3;1-6,11,13,22-23H,7-10,12H2,(H,24,25,26). The number of anilines is 2. The summed E-state index contributed by atoms with van der Waals surface area (Å²) in [6.07, 6.45) is 6.36. The predicted octanol–water partition coefficient (Wildman–Crippen LogP) is 9.81. The second kappa shape index (κ2) is 21.6. The van der Waals surface area contributed by atoms with Gasteiger partial charge >= 0.3 is 6.09 Å². The van der Waals surface area contributed by atoms with E-state index in [0.717, 1.165) is 72.8 Å². The van der Waals surface area contributed by atoms with E-state index in [1.165, 1.54) is 11.9 Å². The zero-order valence-electron chi connectivity index (χ0n) is 40.2. The first-order valence-electron chi connectivity index (χ1n) is 23.5. The molecule has 7 aromatic rings. The molecule has 9 rings (SSSR count). The second-order valence-electron chi connectivity index (χ2n) is 19.0. The molecule has 366 valence electrons. The van der Waals surface area contributed by atoms with Crippen molar-refractivity contribution >= 4 is 62.5 Å². The van der Waals surface area contributed by atoms with E-state index in [1.54, 1.807) is 36.1 Å². The van der Waals surface area contributed by atoms with Gasteiger partial charge in [0.25, 0.3) is 11.1 Å². The average molecular weight is 988 g/mol. The molecule has 2 aromatic heterocycles. The predicted molar refractivity (Wildman–Crippen MR) is 279 cm³/mol. The van der Waals surface area contributed by atoms with Gasteiger partial charge in [-0.3, -0.25) is 14.2 Å². The summed E-state index contributed by atoms with van der Waals surface area (Å²) in [5, 5.41) is 13.2. The molecular formula is C54H60Cl2N8O6. The summed E-state index contributed by atoms with van der Waals surface area (Å²) in [7, 11) is 3.19. The number of hydrogen-bond acceptors (Lipinski definition) is 11. The van der Waals surface area contributed by atoms with Gasteiger partial charge in [-0.15, -0.1) is 0 Å². The zero-order chi connectivity index (χ0) is 49.5. The molecule has 0 aliphatic carbocycles. The van der Waals surface area contributed by atoms with Crippen molar-refractivity contribution < 1.29 is 19.0 Å². The minimum atomic E-state index is -0.542. The molecule has 0 unspecified atom stereocenters. The van der Waals surface area contributed by atoms with Crippen molar-refractivity contribution in [1.29, 1.82) is 0 Å². The van der Waals surface area contributed by atoms with Crippen LogP contribution in [0.25, 0.3) is 21.8 Å². The Kier molecular flexibility index (Phi) is 15.4. The number of amides is 1. The Balaban J connectivity index is 0.000000214. The Labute approximate surface area is 417 Å². The van der Waals surface area contributed by atoms with E-state index in [0.29, 0.717) is 64.5 Å². The van der Waals surface area contributed by atoms with Crippen LogP contribution in [0.2, 0.25) is 10.0 Å². The van der Waals surface area contributed by atoms with E-state index < -0.39 is 5.60 Å². The number of carbonyl (C=O) groups excluding carboxylic acids is 1. The molecule has 16 heteroatoms. The molecule has 5 aromatic carbocycles. The lowest BCUT2D eigenvalue weighted by Gasteiger charge is -2.42. The maximum atomic E-state index is 13.4. The molecule has 14 nitrogen and oxygen atoms in total. The van der Waals surface area contributed by atoms with Gasteiger partial charge in [-0.2, -0.15) is 0 Å². The molecule has 2 aliphatic rings. The average Bonchev–Trinajstić information content (AvgIpc) is 3.36. The van der Waals surface area contributed by atoms with Gasteiger partial charge in [-0.05, 0) is 143 Å². The number of halogens is 2. The van der Waals surface area contributed by atoms with Crippen molar-refractivity contribution in [3.63, 3.8) is 0 Å². The number of nitrogens with one attached hydrogen (secondary N) is 4. The van der Waals surface area contributed by atoms with Crippen molar-refractivity contribution in [2.24, 2.45) is 0 Å². The number of H-pyrrole nitrogens is 1. The summed E-state index contributed by atoms with van der Waals surface area (Å²) in [6, 6.07) is 33.0. The van der Waals surface area contributed by atoms with Gasteiger partial charge in [0.1, 0.15) is 17.1 Å². The molecule has 0 radical (unpaired) electrons. The lowest BCUT2D eigenvalue weighted by Crippen LogP contribution is -2.49. The van der Waals surface area contributed by atoms with Crippen molar-refractivity contribution in [3.05, 3.63) is 163 Å². The summed E-state index contributed by atoms with van der Waals surface area (Å²) in [6.45, 7) is 10.6. The molecule has 4 N–H and O–H groups in total. The Morgan fingerprint density at radius 1 is 0.714 bits per heavy atom. The number of aromatic nitrogens is 4. The van der Waals surface area contributed by atoms with Crippen LogP contribution in [0, 0.1) is 0 Å². The Morgan fingerprint density at radius 3 is 1.86 bits per heavy atom. The lowest BCUT2D eigenvalue weighted by atomic mass is 9.72. The number of methoxy groups -OCH3 is 2. The van der Waals surface area contributed by atoms with E-state index >= 15 is 0 Å².